The molecule has 1 aromatic carbocycles. The van der Waals surface area contributed by atoms with Crippen LogP contribution >= 0.6 is 22.9 Å². The highest BCUT2D eigenvalue weighted by Crippen LogP contribution is 2.37. The number of benzene rings is 1. The number of hydrogen-bond donors (Lipinski definition) is 0. The molecule has 1 atom stereocenters. The molecule has 4 heterocycles. The second kappa shape index (κ2) is 7.50. The predicted octanol–water partition coefficient (Wildman–Crippen LogP) is 3.32. The van der Waals surface area contributed by atoms with E-state index < -0.39 is 9.84 Å². The molecule has 0 aliphatic carbocycles. The van der Waals surface area contributed by atoms with Crippen LogP contribution < -0.4 is 4.90 Å². The molecule has 2 aliphatic rings. The third-order valence-corrected chi connectivity index (χ3v) is 8.93. The highest BCUT2D eigenvalue weighted by atomic mass is 35.5. The number of thiophene rings is 1. The summed E-state index contributed by atoms with van der Waals surface area (Å²) in [5, 5.41) is 0.725. The summed E-state index contributed by atoms with van der Waals surface area (Å²) in [5.74, 6) is 1.60. The van der Waals surface area contributed by atoms with Gasteiger partial charge in [-0.25, -0.2) is 18.4 Å². The number of halogens is 1. The van der Waals surface area contributed by atoms with Gasteiger partial charge in [0.05, 0.1) is 21.7 Å². The first-order chi connectivity index (χ1) is 14.0. The normalized spacial score (nSPS) is 22.4. The van der Waals surface area contributed by atoms with Crippen LogP contribution in [0.1, 0.15) is 6.42 Å². The maximum Gasteiger partial charge on any atom is 0.151 e. The molecule has 0 bridgehead atoms. The Kier molecular flexibility index (Phi) is 4.98. The van der Waals surface area contributed by atoms with Crippen molar-refractivity contribution in [2.24, 2.45) is 0 Å². The zero-order valence-electron chi connectivity index (χ0n) is 15.8. The average molecular weight is 449 g/mol. The number of hydrogen-bond acceptors (Lipinski definition) is 7. The SMILES string of the molecule is O=S1(=O)CC[C@@H](N2CCN(c3ncnc4cc(-c5ccc(Cl)cc5)sc34)CC2)C1. The van der Waals surface area contributed by atoms with Crippen molar-refractivity contribution in [1.29, 1.82) is 0 Å². The molecule has 0 radical (unpaired) electrons. The van der Waals surface area contributed by atoms with Crippen molar-refractivity contribution < 1.29 is 8.42 Å². The number of sulfone groups is 1. The lowest BCUT2D eigenvalue weighted by molar-refractivity contribution is 0.200. The summed E-state index contributed by atoms with van der Waals surface area (Å²) in [6.07, 6.45) is 2.39. The topological polar surface area (TPSA) is 66.4 Å². The van der Waals surface area contributed by atoms with Gasteiger partial charge in [0.25, 0.3) is 0 Å². The van der Waals surface area contributed by atoms with Gasteiger partial charge in [-0.3, -0.25) is 4.90 Å². The Labute approximate surface area is 179 Å². The molecule has 29 heavy (non-hydrogen) atoms. The van der Waals surface area contributed by atoms with Crippen LogP contribution in [-0.4, -0.2) is 67.0 Å². The van der Waals surface area contributed by atoms with Gasteiger partial charge in [-0.05, 0) is 30.2 Å². The highest BCUT2D eigenvalue weighted by molar-refractivity contribution is 7.91. The van der Waals surface area contributed by atoms with Gasteiger partial charge in [0.2, 0.25) is 0 Å². The van der Waals surface area contributed by atoms with Crippen LogP contribution in [0, 0.1) is 0 Å². The van der Waals surface area contributed by atoms with Gasteiger partial charge in [-0.1, -0.05) is 23.7 Å². The first kappa shape index (κ1) is 19.2. The second-order valence-electron chi connectivity index (χ2n) is 7.61. The number of fused-ring (bicyclic) bond motifs is 1. The summed E-state index contributed by atoms with van der Waals surface area (Å²) in [4.78, 5) is 14.8. The van der Waals surface area contributed by atoms with Gasteiger partial charge in [0.1, 0.15) is 12.1 Å². The molecule has 0 unspecified atom stereocenters. The van der Waals surface area contributed by atoms with Gasteiger partial charge < -0.3 is 4.90 Å². The van der Waals surface area contributed by atoms with E-state index in [4.69, 9.17) is 11.6 Å². The Morgan fingerprint density at radius 2 is 1.83 bits per heavy atom. The van der Waals surface area contributed by atoms with E-state index in [1.165, 1.54) is 0 Å². The summed E-state index contributed by atoms with van der Waals surface area (Å²) >= 11 is 7.72. The number of piperazine rings is 1. The number of rotatable bonds is 3. The third kappa shape index (κ3) is 3.86. The maximum atomic E-state index is 11.8. The molecule has 9 heteroatoms. The van der Waals surface area contributed by atoms with Gasteiger partial charge >= 0.3 is 0 Å². The van der Waals surface area contributed by atoms with E-state index in [-0.39, 0.29) is 6.04 Å². The summed E-state index contributed by atoms with van der Waals surface area (Å²) in [7, 11) is -2.85. The predicted molar refractivity (Wildman–Crippen MR) is 119 cm³/mol. The van der Waals surface area contributed by atoms with E-state index in [2.05, 4.69) is 25.8 Å². The lowest BCUT2D eigenvalue weighted by Gasteiger charge is -2.38. The van der Waals surface area contributed by atoms with Crippen molar-refractivity contribution in [3.8, 4) is 10.4 Å². The summed E-state index contributed by atoms with van der Waals surface area (Å²) in [6, 6.07) is 10.1. The molecule has 152 valence electrons. The van der Waals surface area contributed by atoms with E-state index in [1.807, 2.05) is 24.3 Å². The quantitative estimate of drug-likeness (QED) is 0.612. The van der Waals surface area contributed by atoms with Gasteiger partial charge in [0, 0.05) is 42.1 Å². The number of nitrogens with zero attached hydrogens (tertiary/aromatic N) is 4. The molecule has 0 spiro atoms. The number of aromatic nitrogens is 2. The van der Waals surface area contributed by atoms with Crippen LogP contribution in [0.15, 0.2) is 36.7 Å². The molecular formula is C20H21ClN4O2S2. The van der Waals surface area contributed by atoms with E-state index >= 15 is 0 Å². The Morgan fingerprint density at radius 3 is 2.52 bits per heavy atom. The smallest absolute Gasteiger partial charge is 0.151 e. The zero-order valence-corrected chi connectivity index (χ0v) is 18.2. The van der Waals surface area contributed by atoms with Crippen LogP contribution in [-0.2, 0) is 9.84 Å². The average Bonchev–Trinajstić information content (AvgIpc) is 3.31. The van der Waals surface area contributed by atoms with Crippen molar-refractivity contribution in [2.75, 3.05) is 42.6 Å². The van der Waals surface area contributed by atoms with Crippen molar-refractivity contribution in [3.05, 3.63) is 41.7 Å². The van der Waals surface area contributed by atoms with Crippen LogP contribution in [0.4, 0.5) is 5.82 Å². The summed E-state index contributed by atoms with van der Waals surface area (Å²) in [5.41, 5.74) is 2.07. The van der Waals surface area contributed by atoms with Crippen molar-refractivity contribution in [3.63, 3.8) is 0 Å². The first-order valence-electron chi connectivity index (χ1n) is 9.68. The molecule has 0 saturated carbocycles. The fourth-order valence-corrected chi connectivity index (χ4v) is 7.21. The maximum absolute atomic E-state index is 11.8. The van der Waals surface area contributed by atoms with Crippen LogP contribution in [0.2, 0.25) is 5.02 Å². The zero-order chi connectivity index (χ0) is 20.0. The lowest BCUT2D eigenvalue weighted by Crippen LogP contribution is -2.51. The van der Waals surface area contributed by atoms with E-state index in [0.717, 1.165) is 64.1 Å². The minimum absolute atomic E-state index is 0.172. The van der Waals surface area contributed by atoms with E-state index in [1.54, 1.807) is 17.7 Å². The van der Waals surface area contributed by atoms with Crippen molar-refractivity contribution in [1.82, 2.24) is 14.9 Å². The van der Waals surface area contributed by atoms with Crippen LogP contribution in [0.3, 0.4) is 0 Å². The Balaban J connectivity index is 1.36. The Hall–Kier alpha value is -1.74. The minimum atomic E-state index is -2.85. The molecule has 3 aromatic rings. The third-order valence-electron chi connectivity index (χ3n) is 5.76. The molecular weight excluding hydrogens is 428 g/mol. The molecule has 2 saturated heterocycles. The Morgan fingerprint density at radius 1 is 1.07 bits per heavy atom. The minimum Gasteiger partial charge on any atom is -0.353 e. The molecule has 2 aliphatic heterocycles. The summed E-state index contributed by atoms with van der Waals surface area (Å²) < 4.78 is 24.7. The largest absolute Gasteiger partial charge is 0.353 e. The standard InChI is InChI=1S/C20H21ClN4O2S2/c21-15-3-1-14(2-4-15)18-11-17-19(28-18)20(23-13-22-17)25-8-6-24(7-9-25)16-5-10-29(26,27)12-16/h1-4,11,13,16H,5-10,12H2/t16-/m1/s1. The molecule has 6 nitrogen and oxygen atoms in total. The fourth-order valence-electron chi connectivity index (χ4n) is 4.19. The second-order valence-corrected chi connectivity index (χ2v) is 11.3. The Bertz CT molecular complexity index is 1140. The fraction of sp³-hybridized carbons (Fsp3) is 0.400. The van der Waals surface area contributed by atoms with Gasteiger partial charge in [0.15, 0.2) is 9.84 Å². The van der Waals surface area contributed by atoms with E-state index in [9.17, 15) is 8.42 Å². The van der Waals surface area contributed by atoms with Gasteiger partial charge in [-0.2, -0.15) is 0 Å². The molecule has 5 rings (SSSR count). The first-order valence-corrected chi connectivity index (χ1v) is 12.7. The highest BCUT2D eigenvalue weighted by Gasteiger charge is 2.34. The van der Waals surface area contributed by atoms with Crippen molar-refractivity contribution in [2.45, 2.75) is 12.5 Å². The molecule has 0 N–H and O–H groups in total. The molecule has 0 amide bonds. The summed E-state index contributed by atoms with van der Waals surface area (Å²) in [6.45, 7) is 3.41. The monoisotopic (exact) mass is 448 g/mol. The van der Waals surface area contributed by atoms with Crippen molar-refractivity contribution >= 4 is 48.8 Å². The van der Waals surface area contributed by atoms with Crippen LogP contribution in [0.5, 0.6) is 0 Å². The van der Waals surface area contributed by atoms with Crippen LogP contribution in [0.25, 0.3) is 20.7 Å². The molecule has 2 fully saturated rings. The number of anilines is 1. The molecule has 2 aromatic heterocycles. The lowest BCUT2D eigenvalue weighted by atomic mass is 10.2. The van der Waals surface area contributed by atoms with Gasteiger partial charge in [-0.15, -0.1) is 11.3 Å². The van der Waals surface area contributed by atoms with E-state index in [0.29, 0.717) is 11.5 Å².